The van der Waals surface area contributed by atoms with Gasteiger partial charge in [-0.15, -0.1) is 0 Å². The van der Waals surface area contributed by atoms with Gasteiger partial charge in [0.05, 0.1) is 13.7 Å². The number of nitrogens with zero attached hydrogens (tertiary/aromatic N) is 3. The number of aromatic nitrogens is 2. The molecule has 2 aliphatic rings. The molecule has 1 saturated carbocycles. The summed E-state index contributed by atoms with van der Waals surface area (Å²) >= 11 is 0. The number of methoxy groups -OCH3 is 1. The second-order valence-electron chi connectivity index (χ2n) is 7.59. The van der Waals surface area contributed by atoms with Crippen LogP contribution in [0.25, 0.3) is 0 Å². The molecule has 0 bridgehead atoms. The number of nitrogens with one attached hydrogen (secondary N) is 1. The Kier molecular flexibility index (Phi) is 5.64. The highest BCUT2D eigenvalue weighted by Gasteiger charge is 2.31. The molecule has 7 heteroatoms. The van der Waals surface area contributed by atoms with Gasteiger partial charge in [-0.3, -0.25) is 14.4 Å². The molecule has 0 radical (unpaired) electrons. The molecule has 1 aromatic heterocycles. The van der Waals surface area contributed by atoms with Crippen LogP contribution in [0.1, 0.15) is 40.2 Å². The van der Waals surface area contributed by atoms with Crippen molar-refractivity contribution in [2.75, 3.05) is 26.8 Å². The van der Waals surface area contributed by atoms with E-state index in [1.54, 1.807) is 7.11 Å². The van der Waals surface area contributed by atoms with Crippen LogP contribution >= 0.6 is 0 Å². The lowest BCUT2D eigenvalue weighted by Crippen LogP contribution is -2.34. The molecular weight excluding hydrogens is 356 g/mol. The van der Waals surface area contributed by atoms with Crippen LogP contribution in [0.4, 0.5) is 0 Å². The van der Waals surface area contributed by atoms with Crippen molar-refractivity contribution < 1.29 is 14.6 Å². The second-order valence-corrected chi connectivity index (χ2v) is 7.59. The Morgan fingerprint density at radius 2 is 2.07 bits per heavy atom. The minimum atomic E-state index is -0.0622. The topological polar surface area (TPSA) is 79.6 Å². The van der Waals surface area contributed by atoms with Crippen LogP contribution in [0.15, 0.2) is 24.3 Å². The molecule has 1 amide bonds. The summed E-state index contributed by atoms with van der Waals surface area (Å²) in [5.74, 6) is 0.788. The van der Waals surface area contributed by atoms with Gasteiger partial charge in [-0.2, -0.15) is 5.10 Å². The number of ether oxygens (including phenoxy) is 1. The number of carbonyl (C=O) groups excluding carboxylic acids is 1. The molecular formula is C21H28N4O3. The summed E-state index contributed by atoms with van der Waals surface area (Å²) in [6.45, 7) is 3.05. The maximum atomic E-state index is 12.7. The summed E-state index contributed by atoms with van der Waals surface area (Å²) in [7, 11) is 1.67. The van der Waals surface area contributed by atoms with E-state index in [0.29, 0.717) is 24.8 Å². The first-order valence-electron chi connectivity index (χ1n) is 10.0. The molecule has 1 aliphatic carbocycles. The molecule has 0 spiro atoms. The molecule has 1 fully saturated rings. The van der Waals surface area contributed by atoms with Gasteiger partial charge in [0.1, 0.15) is 5.75 Å². The van der Waals surface area contributed by atoms with Gasteiger partial charge in [0, 0.05) is 49.9 Å². The largest absolute Gasteiger partial charge is 0.497 e. The average molecular weight is 384 g/mol. The summed E-state index contributed by atoms with van der Waals surface area (Å²) < 4.78 is 7.23. The first-order valence-corrected chi connectivity index (χ1v) is 10.0. The van der Waals surface area contributed by atoms with Gasteiger partial charge >= 0.3 is 0 Å². The second kappa shape index (κ2) is 8.32. The number of fused-ring (bicyclic) bond motifs is 1. The SMILES string of the molecule is COc1ccc(CCn2nc(C(=O)NC3CC3)c3c2CCN(CCO)C3)cc1. The van der Waals surface area contributed by atoms with Crippen LogP contribution in [-0.2, 0) is 25.9 Å². The predicted octanol–water partition coefficient (Wildman–Crippen LogP) is 1.38. The molecule has 2 N–H and O–H groups in total. The zero-order chi connectivity index (χ0) is 19.5. The van der Waals surface area contributed by atoms with Crippen molar-refractivity contribution in [1.82, 2.24) is 20.0 Å². The van der Waals surface area contributed by atoms with Crippen molar-refractivity contribution in [2.24, 2.45) is 0 Å². The number of amides is 1. The molecule has 4 rings (SSSR count). The van der Waals surface area contributed by atoms with Gasteiger partial charge in [-0.1, -0.05) is 12.1 Å². The molecule has 7 nitrogen and oxygen atoms in total. The monoisotopic (exact) mass is 384 g/mol. The van der Waals surface area contributed by atoms with Crippen molar-refractivity contribution in [3.63, 3.8) is 0 Å². The van der Waals surface area contributed by atoms with Crippen molar-refractivity contribution >= 4 is 5.91 Å². The fraction of sp³-hybridized carbons (Fsp3) is 0.524. The van der Waals surface area contributed by atoms with Gasteiger partial charge in [-0.05, 0) is 37.0 Å². The van der Waals surface area contributed by atoms with E-state index in [2.05, 4.69) is 22.3 Å². The summed E-state index contributed by atoms with van der Waals surface area (Å²) in [5.41, 5.74) is 3.95. The molecule has 28 heavy (non-hydrogen) atoms. The van der Waals surface area contributed by atoms with Gasteiger partial charge < -0.3 is 15.2 Å². The van der Waals surface area contributed by atoms with E-state index in [-0.39, 0.29) is 12.5 Å². The van der Waals surface area contributed by atoms with E-state index >= 15 is 0 Å². The lowest BCUT2D eigenvalue weighted by atomic mass is 10.0. The van der Waals surface area contributed by atoms with E-state index in [1.165, 1.54) is 5.56 Å². The minimum absolute atomic E-state index is 0.0622. The summed E-state index contributed by atoms with van der Waals surface area (Å²) in [6, 6.07) is 8.38. The highest BCUT2D eigenvalue weighted by Crippen LogP contribution is 2.25. The van der Waals surface area contributed by atoms with Gasteiger partial charge in [0.15, 0.2) is 5.69 Å². The maximum absolute atomic E-state index is 12.7. The van der Waals surface area contributed by atoms with Crippen molar-refractivity contribution in [2.45, 2.75) is 44.8 Å². The fourth-order valence-corrected chi connectivity index (χ4v) is 3.75. The van der Waals surface area contributed by atoms with Crippen molar-refractivity contribution in [3.8, 4) is 5.75 Å². The third-order valence-corrected chi connectivity index (χ3v) is 5.53. The van der Waals surface area contributed by atoms with Crippen LogP contribution in [0, 0.1) is 0 Å². The quantitative estimate of drug-likeness (QED) is 0.719. The van der Waals surface area contributed by atoms with E-state index in [4.69, 9.17) is 9.84 Å². The number of β-amino-alcohol motifs (C(OH)–C–C–N with tert-alkyl or cyclic N) is 1. The summed E-state index contributed by atoms with van der Waals surface area (Å²) in [5, 5.41) is 17.1. The third kappa shape index (κ3) is 4.20. The molecule has 1 aromatic carbocycles. The molecule has 2 aromatic rings. The first kappa shape index (κ1) is 19.0. The summed E-state index contributed by atoms with van der Waals surface area (Å²) in [6.07, 6.45) is 3.81. The van der Waals surface area contributed by atoms with Gasteiger partial charge in [0.2, 0.25) is 0 Å². The Labute approximate surface area is 165 Å². The number of hydrogen-bond donors (Lipinski definition) is 2. The van der Waals surface area contributed by atoms with E-state index < -0.39 is 0 Å². The highest BCUT2D eigenvalue weighted by atomic mass is 16.5. The predicted molar refractivity (Wildman–Crippen MR) is 105 cm³/mol. The van der Waals surface area contributed by atoms with E-state index in [1.807, 2.05) is 16.8 Å². The zero-order valence-electron chi connectivity index (χ0n) is 16.4. The lowest BCUT2D eigenvalue weighted by molar-refractivity contribution is 0.0942. The number of hydrogen-bond acceptors (Lipinski definition) is 5. The van der Waals surface area contributed by atoms with Crippen molar-refractivity contribution in [3.05, 3.63) is 46.8 Å². The molecule has 150 valence electrons. The summed E-state index contributed by atoms with van der Waals surface area (Å²) in [4.78, 5) is 14.9. The normalized spacial score (nSPS) is 16.6. The molecule has 0 unspecified atom stereocenters. The number of benzene rings is 1. The maximum Gasteiger partial charge on any atom is 0.272 e. The van der Waals surface area contributed by atoms with Crippen LogP contribution in [0.3, 0.4) is 0 Å². The van der Waals surface area contributed by atoms with Crippen molar-refractivity contribution in [1.29, 1.82) is 0 Å². The van der Waals surface area contributed by atoms with E-state index in [0.717, 1.165) is 55.8 Å². The Morgan fingerprint density at radius 3 is 2.75 bits per heavy atom. The Morgan fingerprint density at radius 1 is 1.29 bits per heavy atom. The Bertz CT molecular complexity index is 827. The van der Waals surface area contributed by atoms with Gasteiger partial charge in [0.25, 0.3) is 5.91 Å². The Hall–Kier alpha value is -2.38. The molecule has 1 aliphatic heterocycles. The van der Waals surface area contributed by atoms with Crippen LogP contribution in [0.5, 0.6) is 5.75 Å². The standard InChI is InChI=1S/C21H28N4O3/c1-28-17-6-2-15(3-7-17)8-11-25-19-9-10-24(12-13-26)14-18(19)20(23-25)21(27)22-16-4-5-16/h2-3,6-7,16,26H,4-5,8-14H2,1H3,(H,22,27). The van der Waals surface area contributed by atoms with Crippen LogP contribution in [-0.4, -0.2) is 58.5 Å². The fourth-order valence-electron chi connectivity index (χ4n) is 3.75. The van der Waals surface area contributed by atoms with Crippen LogP contribution in [0.2, 0.25) is 0 Å². The Balaban J connectivity index is 1.53. The number of aryl methyl sites for hydroxylation is 2. The molecule has 0 atom stereocenters. The molecule has 0 saturated heterocycles. The highest BCUT2D eigenvalue weighted by molar-refractivity contribution is 5.94. The van der Waals surface area contributed by atoms with Gasteiger partial charge in [-0.25, -0.2) is 0 Å². The number of carbonyl (C=O) groups is 1. The minimum Gasteiger partial charge on any atom is -0.497 e. The zero-order valence-corrected chi connectivity index (χ0v) is 16.4. The third-order valence-electron chi connectivity index (χ3n) is 5.53. The number of rotatable bonds is 8. The first-order chi connectivity index (χ1) is 13.7. The number of aliphatic hydroxyl groups is 1. The van der Waals surface area contributed by atoms with Crippen LogP contribution < -0.4 is 10.1 Å². The average Bonchev–Trinajstić information content (AvgIpc) is 3.45. The van der Waals surface area contributed by atoms with E-state index in [9.17, 15) is 9.90 Å². The molecule has 2 heterocycles. The number of aliphatic hydroxyl groups excluding tert-OH is 1. The lowest BCUT2D eigenvalue weighted by Gasteiger charge is -2.26. The smallest absolute Gasteiger partial charge is 0.272 e.